The van der Waals surface area contributed by atoms with Crippen molar-refractivity contribution in [2.75, 3.05) is 13.7 Å². The highest BCUT2D eigenvalue weighted by atomic mass is 16.5. The van der Waals surface area contributed by atoms with Gasteiger partial charge in [-0.2, -0.15) is 0 Å². The Bertz CT molecular complexity index is 679. The van der Waals surface area contributed by atoms with Crippen LogP contribution in [0.2, 0.25) is 0 Å². The molecule has 138 valence electrons. The number of ether oxygens (including phenoxy) is 2. The van der Waals surface area contributed by atoms with E-state index in [9.17, 15) is 0 Å². The first-order valence-corrected chi connectivity index (χ1v) is 9.51. The normalized spacial score (nSPS) is 15.9. The smallest absolute Gasteiger partial charge is 0.163 e. The number of benzene rings is 2. The van der Waals surface area contributed by atoms with Crippen LogP contribution >= 0.6 is 0 Å². The van der Waals surface area contributed by atoms with E-state index >= 15 is 0 Å². The summed E-state index contributed by atoms with van der Waals surface area (Å²) < 4.78 is 12.0. The minimum absolute atomic E-state index is 0.279. The first-order chi connectivity index (χ1) is 12.8. The SMILES string of the molecule is C=CCOc1ccc(OC(CCCc2ccccc2)(NC)C2CC2)cc1. The van der Waals surface area contributed by atoms with Crippen LogP contribution in [0.1, 0.15) is 31.2 Å². The molecule has 1 aliphatic carbocycles. The van der Waals surface area contributed by atoms with Gasteiger partial charge in [-0.1, -0.05) is 43.0 Å². The van der Waals surface area contributed by atoms with E-state index in [0.717, 1.165) is 30.8 Å². The zero-order chi connectivity index (χ0) is 18.2. The van der Waals surface area contributed by atoms with Gasteiger partial charge in [-0.15, -0.1) is 0 Å². The van der Waals surface area contributed by atoms with Crippen LogP contribution in [0.3, 0.4) is 0 Å². The maximum absolute atomic E-state index is 6.49. The van der Waals surface area contributed by atoms with Gasteiger partial charge < -0.3 is 9.47 Å². The van der Waals surface area contributed by atoms with Crippen molar-refractivity contribution in [3.63, 3.8) is 0 Å². The minimum Gasteiger partial charge on any atom is -0.490 e. The fourth-order valence-corrected chi connectivity index (χ4v) is 3.44. The number of hydrogen-bond donors (Lipinski definition) is 1. The Balaban J connectivity index is 1.62. The molecule has 0 spiro atoms. The lowest BCUT2D eigenvalue weighted by atomic mass is 9.98. The van der Waals surface area contributed by atoms with Crippen LogP contribution in [0, 0.1) is 5.92 Å². The molecule has 1 fully saturated rings. The van der Waals surface area contributed by atoms with Gasteiger partial charge in [0.1, 0.15) is 18.1 Å². The van der Waals surface area contributed by atoms with Crippen LogP contribution in [0.4, 0.5) is 0 Å². The molecule has 0 saturated heterocycles. The molecular weight excluding hydrogens is 322 g/mol. The molecular formula is C23H29NO2. The highest BCUT2D eigenvalue weighted by molar-refractivity contribution is 5.32. The van der Waals surface area contributed by atoms with Crippen molar-refractivity contribution < 1.29 is 9.47 Å². The van der Waals surface area contributed by atoms with Gasteiger partial charge >= 0.3 is 0 Å². The Morgan fingerprint density at radius 1 is 1.08 bits per heavy atom. The molecule has 26 heavy (non-hydrogen) atoms. The quantitative estimate of drug-likeness (QED) is 0.457. The third-order valence-corrected chi connectivity index (χ3v) is 5.01. The second-order valence-corrected chi connectivity index (χ2v) is 6.93. The summed E-state index contributed by atoms with van der Waals surface area (Å²) in [7, 11) is 2.02. The molecule has 1 saturated carbocycles. The fraction of sp³-hybridized carbons (Fsp3) is 0.391. The summed E-state index contributed by atoms with van der Waals surface area (Å²) >= 11 is 0. The maximum Gasteiger partial charge on any atom is 0.163 e. The third-order valence-electron chi connectivity index (χ3n) is 5.01. The predicted molar refractivity (Wildman–Crippen MR) is 107 cm³/mol. The van der Waals surface area contributed by atoms with Gasteiger partial charge in [0, 0.05) is 12.3 Å². The first kappa shape index (κ1) is 18.5. The molecule has 2 aromatic rings. The van der Waals surface area contributed by atoms with Crippen molar-refractivity contribution in [2.24, 2.45) is 5.92 Å². The van der Waals surface area contributed by atoms with Crippen molar-refractivity contribution in [3.8, 4) is 11.5 Å². The van der Waals surface area contributed by atoms with Gasteiger partial charge in [-0.05, 0) is 62.6 Å². The monoisotopic (exact) mass is 351 g/mol. The van der Waals surface area contributed by atoms with Crippen molar-refractivity contribution >= 4 is 0 Å². The van der Waals surface area contributed by atoms with Crippen molar-refractivity contribution in [1.82, 2.24) is 5.32 Å². The summed E-state index contributed by atoms with van der Waals surface area (Å²) in [5.74, 6) is 2.31. The molecule has 3 rings (SSSR count). The lowest BCUT2D eigenvalue weighted by Gasteiger charge is -2.35. The Kier molecular flexibility index (Phi) is 6.35. The number of rotatable bonds is 11. The van der Waals surface area contributed by atoms with Crippen LogP contribution in [-0.4, -0.2) is 19.4 Å². The number of aryl methyl sites for hydroxylation is 1. The summed E-state index contributed by atoms with van der Waals surface area (Å²) in [5, 5.41) is 3.49. The van der Waals surface area contributed by atoms with Crippen LogP contribution in [0.15, 0.2) is 67.3 Å². The molecule has 0 radical (unpaired) electrons. The van der Waals surface area contributed by atoms with E-state index in [1.165, 1.54) is 18.4 Å². The summed E-state index contributed by atoms with van der Waals surface area (Å²) in [6.07, 6.45) is 7.38. The van der Waals surface area contributed by atoms with E-state index < -0.39 is 0 Å². The second kappa shape index (κ2) is 8.91. The molecule has 2 aromatic carbocycles. The van der Waals surface area contributed by atoms with Crippen LogP contribution < -0.4 is 14.8 Å². The third kappa shape index (κ3) is 4.89. The largest absolute Gasteiger partial charge is 0.490 e. The Morgan fingerprint density at radius 2 is 1.77 bits per heavy atom. The van der Waals surface area contributed by atoms with Crippen LogP contribution in [0.5, 0.6) is 11.5 Å². The highest BCUT2D eigenvalue weighted by Gasteiger charge is 2.46. The topological polar surface area (TPSA) is 30.5 Å². The molecule has 0 aliphatic heterocycles. The van der Waals surface area contributed by atoms with Gasteiger partial charge in [0.05, 0.1) is 0 Å². The summed E-state index contributed by atoms with van der Waals surface area (Å²) in [6.45, 7) is 4.19. The average Bonchev–Trinajstić information content (AvgIpc) is 3.53. The summed E-state index contributed by atoms with van der Waals surface area (Å²) in [6, 6.07) is 18.6. The molecule has 1 aliphatic rings. The Morgan fingerprint density at radius 3 is 2.38 bits per heavy atom. The molecule has 3 nitrogen and oxygen atoms in total. The lowest BCUT2D eigenvalue weighted by Crippen LogP contribution is -2.50. The second-order valence-electron chi connectivity index (χ2n) is 6.93. The molecule has 0 aromatic heterocycles. The molecule has 0 heterocycles. The van der Waals surface area contributed by atoms with Crippen LogP contribution in [0.25, 0.3) is 0 Å². The van der Waals surface area contributed by atoms with Crippen LogP contribution in [-0.2, 0) is 6.42 Å². The van der Waals surface area contributed by atoms with E-state index in [-0.39, 0.29) is 5.72 Å². The average molecular weight is 351 g/mol. The summed E-state index contributed by atoms with van der Waals surface area (Å²) in [5.41, 5.74) is 1.11. The van der Waals surface area contributed by atoms with Gasteiger partial charge in [-0.3, -0.25) is 5.32 Å². The van der Waals surface area contributed by atoms with Crippen molar-refractivity contribution in [1.29, 1.82) is 0 Å². The Hall–Kier alpha value is -2.26. The molecule has 1 N–H and O–H groups in total. The first-order valence-electron chi connectivity index (χ1n) is 9.51. The van der Waals surface area contributed by atoms with Gasteiger partial charge in [0.2, 0.25) is 0 Å². The maximum atomic E-state index is 6.49. The number of hydrogen-bond acceptors (Lipinski definition) is 3. The summed E-state index contributed by atoms with van der Waals surface area (Å²) in [4.78, 5) is 0. The molecule has 0 amide bonds. The van der Waals surface area contributed by atoms with Crippen molar-refractivity contribution in [3.05, 3.63) is 72.8 Å². The standard InChI is InChI=1S/C23H29NO2/c1-3-18-25-21-13-15-22(16-14-21)26-23(24-2,20-11-12-20)17-7-10-19-8-5-4-6-9-19/h3-6,8-9,13-16,20,24H,1,7,10-12,17-18H2,2H3. The lowest BCUT2D eigenvalue weighted by molar-refractivity contribution is 0.00749. The van der Waals surface area contributed by atoms with E-state index in [4.69, 9.17) is 9.47 Å². The highest BCUT2D eigenvalue weighted by Crippen LogP contribution is 2.43. The van der Waals surface area contributed by atoms with E-state index in [2.05, 4.69) is 42.2 Å². The van der Waals surface area contributed by atoms with E-state index in [0.29, 0.717) is 12.5 Å². The van der Waals surface area contributed by atoms with Gasteiger partial charge in [-0.25, -0.2) is 0 Å². The number of nitrogens with one attached hydrogen (secondary N) is 1. The van der Waals surface area contributed by atoms with E-state index in [1.807, 2.05) is 31.3 Å². The molecule has 1 unspecified atom stereocenters. The van der Waals surface area contributed by atoms with Gasteiger partial charge in [0.25, 0.3) is 0 Å². The predicted octanol–water partition coefficient (Wildman–Crippen LogP) is 4.98. The van der Waals surface area contributed by atoms with E-state index in [1.54, 1.807) is 6.08 Å². The zero-order valence-corrected chi connectivity index (χ0v) is 15.6. The van der Waals surface area contributed by atoms with Crippen molar-refractivity contribution in [2.45, 2.75) is 37.8 Å². The van der Waals surface area contributed by atoms with Gasteiger partial charge in [0.15, 0.2) is 5.72 Å². The molecule has 1 atom stereocenters. The molecule has 0 bridgehead atoms. The molecule has 3 heteroatoms. The minimum atomic E-state index is -0.279. The zero-order valence-electron chi connectivity index (χ0n) is 15.6. The fourth-order valence-electron chi connectivity index (χ4n) is 3.44. The Labute approximate surface area is 157 Å².